The summed E-state index contributed by atoms with van der Waals surface area (Å²) in [4.78, 5) is 53.0. The minimum absolute atomic E-state index is 0. The predicted octanol–water partition coefficient (Wildman–Crippen LogP) is 10.7. The molecule has 4 rings (SSSR count). The zero-order valence-corrected chi connectivity index (χ0v) is 33.6. The monoisotopic (exact) mass is 854 g/mol. The van der Waals surface area contributed by atoms with Crippen molar-refractivity contribution in [2.24, 2.45) is 0 Å². The number of rotatable bonds is 18. The van der Waals surface area contributed by atoms with Crippen LogP contribution in [0.15, 0.2) is 117 Å². The number of hydrogen-bond donors (Lipinski definition) is 0. The molecule has 0 atom stereocenters. The molecule has 17 heteroatoms. The molecule has 8 nitrogen and oxygen atoms in total. The molecule has 0 spiro atoms. The molecule has 0 bridgehead atoms. The van der Waals surface area contributed by atoms with Crippen molar-refractivity contribution in [3.8, 4) is 0 Å². The molecule has 0 amide bonds. The van der Waals surface area contributed by atoms with E-state index in [1.54, 1.807) is 126 Å². The van der Waals surface area contributed by atoms with E-state index >= 15 is 0 Å². The van der Waals surface area contributed by atoms with Crippen molar-refractivity contribution in [2.75, 3.05) is 28.4 Å². The summed E-state index contributed by atoms with van der Waals surface area (Å²) in [5.41, 5.74) is 1.50. The molecule has 4 aromatic rings. The standard InChI is InChI=1S/2C16H14O4S4.Ni/c2*1-19-23-21-13-7-3-11(4-8-13)15(17)16(18)12-5-9-14(10-6-12)22-24-20-2;/h2*3-10H,1-2H3;. The number of hydrogen-bond acceptors (Lipinski definition) is 16. The molecule has 49 heavy (non-hydrogen) atoms. The molecule has 4 aromatic carbocycles. The minimum Gasteiger partial charge on any atom is -0.308 e. The van der Waals surface area contributed by atoms with E-state index < -0.39 is 23.1 Å². The van der Waals surface area contributed by atoms with Crippen LogP contribution in [0.2, 0.25) is 0 Å². The Labute approximate surface area is 327 Å². The van der Waals surface area contributed by atoms with Crippen LogP contribution < -0.4 is 0 Å². The number of carbonyl (C=O) groups is 4. The van der Waals surface area contributed by atoms with E-state index in [2.05, 4.69) is 0 Å². The van der Waals surface area contributed by atoms with Crippen molar-refractivity contribution in [2.45, 2.75) is 19.6 Å². The summed E-state index contributed by atoms with van der Waals surface area (Å²) in [6.45, 7) is 0. The maximum atomic E-state index is 12.3. The molecule has 0 N–H and O–H groups in total. The van der Waals surface area contributed by atoms with Gasteiger partial charge in [0.1, 0.15) is 0 Å². The molecule has 0 aliphatic heterocycles. The number of carbonyl (C=O) groups excluding carboxylic acids is 4. The Morgan fingerprint density at radius 3 is 0.653 bits per heavy atom. The first-order valence-corrected chi connectivity index (χ1v) is 21.7. The summed E-state index contributed by atoms with van der Waals surface area (Å²) in [5, 5.41) is 0. The molecule has 0 aliphatic carbocycles. The fraction of sp³-hybridized carbons (Fsp3) is 0.125. The molecule has 0 saturated carbocycles. The quantitative estimate of drug-likeness (QED) is 0.0311. The van der Waals surface area contributed by atoms with Crippen LogP contribution in [0.1, 0.15) is 41.4 Å². The van der Waals surface area contributed by atoms with E-state index in [9.17, 15) is 19.2 Å². The van der Waals surface area contributed by atoms with E-state index in [1.165, 1.54) is 87.5 Å². The zero-order chi connectivity index (χ0) is 34.7. The van der Waals surface area contributed by atoms with Gasteiger partial charge in [-0.1, -0.05) is 0 Å². The second-order valence-corrected chi connectivity index (χ2v) is 16.7. The largest absolute Gasteiger partial charge is 0.308 e. The average molecular weight is 856 g/mol. The van der Waals surface area contributed by atoms with Crippen LogP contribution in [-0.4, -0.2) is 51.6 Å². The summed E-state index contributed by atoms with van der Waals surface area (Å²) in [5.74, 6) is -2.06. The Balaban J connectivity index is 0.000000333. The molecule has 262 valence electrons. The summed E-state index contributed by atoms with van der Waals surface area (Å²) in [6.07, 6.45) is 0. The van der Waals surface area contributed by atoms with Gasteiger partial charge in [-0.15, -0.1) is 0 Å². The van der Waals surface area contributed by atoms with Gasteiger partial charge in [0.25, 0.3) is 0 Å². The van der Waals surface area contributed by atoms with Crippen LogP contribution in [0.3, 0.4) is 0 Å². The van der Waals surface area contributed by atoms with Crippen molar-refractivity contribution in [3.05, 3.63) is 119 Å². The van der Waals surface area contributed by atoms with Crippen molar-refractivity contribution in [1.29, 1.82) is 0 Å². The second kappa shape index (κ2) is 24.8. The summed E-state index contributed by atoms with van der Waals surface area (Å²) >= 11 is 4.95. The molecule has 0 saturated heterocycles. The third-order valence-corrected chi connectivity index (χ3v) is 13.1. The fourth-order valence-corrected chi connectivity index (χ4v) is 8.13. The Kier molecular flexibility index (Phi) is 22.2. The van der Waals surface area contributed by atoms with Crippen LogP contribution in [0.4, 0.5) is 0 Å². The number of ketones is 4. The Morgan fingerprint density at radius 2 is 0.510 bits per heavy atom. The normalized spacial score (nSPS) is 10.4. The third-order valence-electron chi connectivity index (χ3n) is 5.67. The smallest absolute Gasteiger partial charge is 0.233 e. The maximum Gasteiger partial charge on any atom is 0.233 e. The average Bonchev–Trinajstić information content (AvgIpc) is 3.14. The summed E-state index contributed by atoms with van der Waals surface area (Å²) < 4.78 is 19.6. The van der Waals surface area contributed by atoms with Crippen molar-refractivity contribution < 1.29 is 52.4 Å². The van der Waals surface area contributed by atoms with Gasteiger partial charge in [0.05, 0.1) is 72.7 Å². The van der Waals surface area contributed by atoms with Crippen molar-refractivity contribution in [3.63, 3.8) is 0 Å². The van der Waals surface area contributed by atoms with Gasteiger partial charge in [0.15, 0.2) is 0 Å². The van der Waals surface area contributed by atoms with E-state index in [0.717, 1.165) is 19.6 Å². The van der Waals surface area contributed by atoms with E-state index in [-0.39, 0.29) is 16.5 Å². The molecule has 0 radical (unpaired) electrons. The van der Waals surface area contributed by atoms with E-state index in [0.29, 0.717) is 22.3 Å². The van der Waals surface area contributed by atoms with Gasteiger partial charge in [-0.3, -0.25) is 19.2 Å². The first kappa shape index (κ1) is 43.9. The molecule has 0 heterocycles. The Morgan fingerprint density at radius 1 is 0.347 bits per heavy atom. The Bertz CT molecular complexity index is 1380. The second-order valence-electron chi connectivity index (χ2n) is 8.69. The van der Waals surface area contributed by atoms with Gasteiger partial charge in [0, 0.05) is 58.3 Å². The van der Waals surface area contributed by atoms with E-state index in [4.69, 9.17) is 16.7 Å². The zero-order valence-electron chi connectivity index (χ0n) is 26.1. The minimum atomic E-state index is -0.516. The molecule has 0 aliphatic rings. The number of Topliss-reactive ketones (excluding diaryl/α,β-unsaturated/α-hetero) is 4. The van der Waals surface area contributed by atoms with Crippen LogP contribution in [0, 0.1) is 0 Å². The maximum absolute atomic E-state index is 12.3. The van der Waals surface area contributed by atoms with Gasteiger partial charge in [-0.2, -0.15) is 0 Å². The Hall–Kier alpha value is -1.31. The predicted molar refractivity (Wildman–Crippen MR) is 205 cm³/mol. The van der Waals surface area contributed by atoms with Crippen LogP contribution >= 0.6 is 87.5 Å². The van der Waals surface area contributed by atoms with Crippen molar-refractivity contribution >= 4 is 111 Å². The number of benzene rings is 4. The summed E-state index contributed by atoms with van der Waals surface area (Å²) in [6, 6.07) is 27.5. The molecular weight excluding hydrogens is 828 g/mol. The van der Waals surface area contributed by atoms with Crippen LogP contribution in [0.5, 0.6) is 0 Å². The third kappa shape index (κ3) is 15.1. The topological polar surface area (TPSA) is 105 Å². The molecule has 0 fully saturated rings. The fourth-order valence-electron chi connectivity index (χ4n) is 3.47. The first-order chi connectivity index (χ1) is 23.3. The van der Waals surface area contributed by atoms with Gasteiger partial charge in [-0.05, 0) is 140 Å². The van der Waals surface area contributed by atoms with Gasteiger partial charge in [-0.25, -0.2) is 0 Å². The summed E-state index contributed by atoms with van der Waals surface area (Å²) in [7, 11) is 12.1. The molecule has 0 aromatic heterocycles. The molecular formula is C32H28NiO8S8. The van der Waals surface area contributed by atoms with Crippen LogP contribution in [0.25, 0.3) is 0 Å². The van der Waals surface area contributed by atoms with Gasteiger partial charge in [0.2, 0.25) is 23.1 Å². The van der Waals surface area contributed by atoms with Crippen LogP contribution in [-0.2, 0) is 33.2 Å². The van der Waals surface area contributed by atoms with E-state index in [1.807, 2.05) is 0 Å². The molecule has 0 unspecified atom stereocenters. The van der Waals surface area contributed by atoms with Gasteiger partial charge >= 0.3 is 0 Å². The SMILES string of the molecule is COSSc1ccc(C(=O)C(=O)c2ccc(SSOC)cc2)cc1.COSSc1ccc(C(=O)C(=O)c2ccc(SSOC)cc2)cc1.[Ni]. The van der Waals surface area contributed by atoms with Crippen molar-refractivity contribution in [1.82, 2.24) is 0 Å². The van der Waals surface area contributed by atoms with Gasteiger partial charge < -0.3 is 16.7 Å². The first-order valence-electron chi connectivity index (χ1n) is 13.4.